The highest BCUT2D eigenvalue weighted by atomic mass is 31.1. The van der Waals surface area contributed by atoms with Crippen LogP contribution in [0.25, 0.3) is 0 Å². The summed E-state index contributed by atoms with van der Waals surface area (Å²) < 4.78 is 32.7. The Morgan fingerprint density at radius 3 is 2.44 bits per heavy atom. The monoisotopic (exact) mass is 275 g/mol. The number of benzene rings is 1. The van der Waals surface area contributed by atoms with Crippen molar-refractivity contribution in [2.75, 3.05) is 6.61 Å². The van der Waals surface area contributed by atoms with E-state index in [1.807, 2.05) is 0 Å². The minimum absolute atomic E-state index is 0.322. The summed E-state index contributed by atoms with van der Waals surface area (Å²) in [6.07, 6.45) is 0. The van der Waals surface area contributed by atoms with Crippen molar-refractivity contribution < 1.29 is 27.9 Å². The van der Waals surface area contributed by atoms with Crippen LogP contribution < -0.4 is 4.74 Å². The maximum absolute atomic E-state index is 12.7. The second-order valence-corrected chi connectivity index (χ2v) is 4.73. The van der Waals surface area contributed by atoms with Crippen molar-refractivity contribution in [3.05, 3.63) is 30.1 Å². The van der Waals surface area contributed by atoms with E-state index >= 15 is 0 Å². The zero-order valence-electron chi connectivity index (χ0n) is 9.92. The summed E-state index contributed by atoms with van der Waals surface area (Å²) in [5.41, 5.74) is -1.23. The van der Waals surface area contributed by atoms with E-state index in [4.69, 9.17) is 9.63 Å². The highest BCUT2D eigenvalue weighted by molar-refractivity contribution is 7.32. The first-order valence-corrected chi connectivity index (χ1v) is 6.21. The van der Waals surface area contributed by atoms with Crippen molar-refractivity contribution in [1.29, 1.82) is 0 Å². The van der Waals surface area contributed by atoms with Crippen molar-refractivity contribution >= 4 is 14.0 Å². The van der Waals surface area contributed by atoms with E-state index in [1.54, 1.807) is 0 Å². The molecular weight excluding hydrogens is 262 g/mol. The predicted octanol–water partition coefficient (Wildman–Crippen LogP) is 2.22. The minimum Gasteiger partial charge on any atom is -0.480 e. The molecule has 5 nitrogen and oxygen atoms in total. The molecule has 1 aromatic rings. The molecule has 0 fully saturated rings. The Hall–Kier alpha value is -1.36. The van der Waals surface area contributed by atoms with Gasteiger partial charge in [0.25, 0.3) is 0 Å². The van der Waals surface area contributed by atoms with Crippen LogP contribution >= 0.6 is 8.25 Å². The number of ether oxygens (including phenoxy) is 1. The fraction of sp³-hybridized carbons (Fsp3) is 0.364. The summed E-state index contributed by atoms with van der Waals surface area (Å²) >= 11 is 0. The van der Waals surface area contributed by atoms with Gasteiger partial charge in [0.15, 0.2) is 12.2 Å². The number of Topliss-reactive ketones (excluding diaryl/α,β-unsaturated/α-hetero) is 1. The number of carbonyl (C=O) groups is 1. The van der Waals surface area contributed by atoms with Crippen LogP contribution in [0, 0.1) is 5.82 Å². The Bertz CT molecular complexity index is 443. The third-order valence-electron chi connectivity index (χ3n) is 2.16. The molecular formula is C11H13FO5P+. The lowest BCUT2D eigenvalue weighted by Gasteiger charge is -2.23. The molecule has 0 bridgehead atoms. The topological polar surface area (TPSA) is 72.8 Å². The fourth-order valence-electron chi connectivity index (χ4n) is 1.14. The Balaban J connectivity index is 2.65. The van der Waals surface area contributed by atoms with Gasteiger partial charge in [-0.05, 0) is 38.1 Å². The van der Waals surface area contributed by atoms with Crippen LogP contribution in [0.15, 0.2) is 24.3 Å². The lowest BCUT2D eigenvalue weighted by atomic mass is 10.0. The molecule has 1 rings (SSSR count). The van der Waals surface area contributed by atoms with Crippen LogP contribution in [0.2, 0.25) is 0 Å². The summed E-state index contributed by atoms with van der Waals surface area (Å²) in [6, 6.07) is 5.18. The molecule has 0 aliphatic carbocycles. The van der Waals surface area contributed by atoms with E-state index in [2.05, 4.69) is 4.52 Å². The molecule has 0 spiro atoms. The molecule has 0 saturated heterocycles. The lowest BCUT2D eigenvalue weighted by molar-refractivity contribution is -0.134. The van der Waals surface area contributed by atoms with Gasteiger partial charge in [-0.3, -0.25) is 4.79 Å². The smallest absolute Gasteiger partial charge is 0.480 e. The van der Waals surface area contributed by atoms with Gasteiger partial charge in [-0.25, -0.2) is 4.39 Å². The first-order chi connectivity index (χ1) is 8.31. The van der Waals surface area contributed by atoms with Gasteiger partial charge >= 0.3 is 8.25 Å². The van der Waals surface area contributed by atoms with E-state index < -0.39 is 32.1 Å². The maximum atomic E-state index is 12.7. The molecule has 1 atom stereocenters. The number of halogens is 1. The first-order valence-electron chi connectivity index (χ1n) is 5.08. The predicted molar refractivity (Wildman–Crippen MR) is 61.9 cm³/mol. The van der Waals surface area contributed by atoms with E-state index in [0.29, 0.717) is 5.75 Å². The number of ketones is 1. The van der Waals surface area contributed by atoms with Gasteiger partial charge in [0.1, 0.15) is 11.6 Å². The van der Waals surface area contributed by atoms with E-state index in [9.17, 15) is 13.8 Å². The van der Waals surface area contributed by atoms with Gasteiger partial charge in [0, 0.05) is 4.57 Å². The quantitative estimate of drug-likeness (QED) is 0.806. The molecule has 1 unspecified atom stereocenters. The summed E-state index contributed by atoms with van der Waals surface area (Å²) in [7, 11) is -2.82. The molecule has 7 heteroatoms. The Morgan fingerprint density at radius 2 is 1.94 bits per heavy atom. The van der Waals surface area contributed by atoms with Crippen molar-refractivity contribution in [2.24, 2.45) is 0 Å². The summed E-state index contributed by atoms with van der Waals surface area (Å²) in [6.45, 7) is 2.46. The summed E-state index contributed by atoms with van der Waals surface area (Å²) in [5, 5.41) is 0. The second kappa shape index (κ2) is 6.00. The highest BCUT2D eigenvalue weighted by Gasteiger charge is 2.32. The van der Waals surface area contributed by atoms with Gasteiger partial charge in [-0.1, -0.05) is 0 Å². The van der Waals surface area contributed by atoms with Crippen LogP contribution in [0.4, 0.5) is 4.39 Å². The van der Waals surface area contributed by atoms with Gasteiger partial charge in [0.2, 0.25) is 5.78 Å². The fourth-order valence-corrected chi connectivity index (χ4v) is 1.37. The zero-order valence-corrected chi connectivity index (χ0v) is 10.8. The number of hydrogen-bond acceptors (Lipinski definition) is 4. The number of hydrogen-bond donors (Lipinski definition) is 1. The van der Waals surface area contributed by atoms with Crippen LogP contribution in [0.3, 0.4) is 0 Å². The van der Waals surface area contributed by atoms with Crippen molar-refractivity contribution in [2.45, 2.75) is 19.4 Å². The molecule has 1 N–H and O–H groups in total. The number of carbonyl (C=O) groups excluding carboxylic acids is 1. The van der Waals surface area contributed by atoms with Crippen molar-refractivity contribution in [1.82, 2.24) is 0 Å². The average Bonchev–Trinajstić information content (AvgIpc) is 2.28. The molecule has 0 amide bonds. The largest absolute Gasteiger partial charge is 0.695 e. The molecule has 0 aliphatic heterocycles. The molecule has 1 aromatic carbocycles. The van der Waals surface area contributed by atoms with E-state index in [1.165, 1.54) is 38.1 Å². The number of rotatable bonds is 6. The minimum atomic E-state index is -2.82. The van der Waals surface area contributed by atoms with Gasteiger partial charge in [-0.2, -0.15) is 0 Å². The van der Waals surface area contributed by atoms with Crippen LogP contribution in [-0.2, 0) is 13.9 Å². The van der Waals surface area contributed by atoms with Crippen LogP contribution in [-0.4, -0.2) is 22.9 Å². The molecule has 0 aromatic heterocycles. The molecule has 98 valence electrons. The van der Waals surface area contributed by atoms with Gasteiger partial charge < -0.3 is 4.74 Å². The van der Waals surface area contributed by atoms with Crippen molar-refractivity contribution in [3.8, 4) is 5.75 Å². The third kappa shape index (κ3) is 4.49. The first kappa shape index (κ1) is 14.7. The maximum Gasteiger partial charge on any atom is 0.695 e. The SMILES string of the molecule is CC(C)(Oc1ccc(F)cc1)C(=O)CO[P+](=O)O. The highest BCUT2D eigenvalue weighted by Crippen LogP contribution is 2.21. The van der Waals surface area contributed by atoms with Crippen LogP contribution in [0.5, 0.6) is 5.75 Å². The Morgan fingerprint density at radius 1 is 1.39 bits per heavy atom. The lowest BCUT2D eigenvalue weighted by Crippen LogP contribution is -2.40. The summed E-state index contributed by atoms with van der Waals surface area (Å²) in [5.74, 6) is -0.584. The zero-order chi connectivity index (χ0) is 13.8. The van der Waals surface area contributed by atoms with Crippen molar-refractivity contribution in [3.63, 3.8) is 0 Å². The van der Waals surface area contributed by atoms with Crippen LogP contribution in [0.1, 0.15) is 13.8 Å². The molecule has 18 heavy (non-hydrogen) atoms. The molecule has 0 saturated carbocycles. The summed E-state index contributed by atoms with van der Waals surface area (Å²) in [4.78, 5) is 20.1. The Kier molecular flexibility index (Phi) is 4.90. The molecule has 0 radical (unpaired) electrons. The standard InChI is InChI=1S/C11H12FO5P/c1-11(2,10(13)7-16-18(14)15)17-9-5-3-8(12)4-6-9/h3-6H,7H2,1-2H3/p+1. The molecule has 0 aliphatic rings. The second-order valence-electron chi connectivity index (χ2n) is 4.00. The average molecular weight is 275 g/mol. The molecule has 0 heterocycles. The Labute approximate surface area is 104 Å². The third-order valence-corrected chi connectivity index (χ3v) is 2.51. The van der Waals surface area contributed by atoms with E-state index in [-0.39, 0.29) is 0 Å². The van der Waals surface area contributed by atoms with E-state index in [0.717, 1.165) is 0 Å². The normalized spacial score (nSPS) is 12.1. The van der Waals surface area contributed by atoms with Gasteiger partial charge in [-0.15, -0.1) is 9.42 Å². The van der Waals surface area contributed by atoms with Gasteiger partial charge in [0.05, 0.1) is 0 Å².